The maximum atomic E-state index is 13.1. The van der Waals surface area contributed by atoms with E-state index >= 15 is 0 Å². The first-order chi connectivity index (χ1) is 14.8. The van der Waals surface area contributed by atoms with E-state index in [0.29, 0.717) is 49.7 Å². The lowest BCUT2D eigenvalue weighted by molar-refractivity contribution is -0.151. The topological polar surface area (TPSA) is 129 Å². The first kappa shape index (κ1) is 22.8. The van der Waals surface area contributed by atoms with Crippen LogP contribution in [0.15, 0.2) is 28.7 Å². The Kier molecular flexibility index (Phi) is 7.34. The van der Waals surface area contributed by atoms with Crippen LogP contribution in [0.3, 0.4) is 0 Å². The minimum atomic E-state index is -1.62. The monoisotopic (exact) mass is 434 g/mol. The number of rotatable bonds is 7. The molecule has 168 valence electrons. The van der Waals surface area contributed by atoms with Gasteiger partial charge >= 0.3 is 0 Å². The first-order valence-corrected chi connectivity index (χ1v) is 10.3. The zero-order chi connectivity index (χ0) is 22.5. The zero-order valence-corrected chi connectivity index (χ0v) is 17.5. The highest BCUT2D eigenvalue weighted by atomic mass is 19.1. The van der Waals surface area contributed by atoms with Crippen LogP contribution in [-0.4, -0.2) is 56.4 Å². The molecule has 31 heavy (non-hydrogen) atoms. The highest BCUT2D eigenvalue weighted by molar-refractivity contribution is 5.88. The van der Waals surface area contributed by atoms with Gasteiger partial charge in [-0.05, 0) is 49.4 Å². The summed E-state index contributed by atoms with van der Waals surface area (Å²) in [6.07, 6.45) is -0.120. The van der Waals surface area contributed by atoms with Crippen LogP contribution in [0.25, 0.3) is 11.5 Å². The fourth-order valence-corrected chi connectivity index (χ4v) is 3.81. The number of aromatic nitrogens is 2. The molecule has 1 aliphatic rings. The van der Waals surface area contributed by atoms with Crippen molar-refractivity contribution in [3.63, 3.8) is 0 Å². The molecule has 10 heteroatoms. The molecule has 0 spiro atoms. The van der Waals surface area contributed by atoms with E-state index in [2.05, 4.69) is 10.2 Å². The van der Waals surface area contributed by atoms with Gasteiger partial charge in [0.1, 0.15) is 11.9 Å². The molecule has 0 bridgehead atoms. The van der Waals surface area contributed by atoms with Gasteiger partial charge in [-0.25, -0.2) is 9.87 Å². The number of likely N-dealkylation sites (tertiary alicyclic amines) is 1. The maximum absolute atomic E-state index is 13.1. The van der Waals surface area contributed by atoms with Gasteiger partial charge in [-0.15, -0.1) is 10.2 Å². The second kappa shape index (κ2) is 9.97. The molecule has 0 unspecified atom stereocenters. The van der Waals surface area contributed by atoms with Crippen LogP contribution >= 0.6 is 0 Å². The number of benzene rings is 1. The van der Waals surface area contributed by atoms with Crippen molar-refractivity contribution in [3.8, 4) is 11.5 Å². The molecule has 9 nitrogen and oxygen atoms in total. The SMILES string of the molecule is CC(C)C[C@H](C(=O)N1CCC(c2nnc(-c3ccc(F)cc3)o2)CC1)[C@H](O)C(=O)NO. The summed E-state index contributed by atoms with van der Waals surface area (Å²) in [5.41, 5.74) is 2.04. The molecule has 1 saturated heterocycles. The smallest absolute Gasteiger partial charge is 0.272 e. The average Bonchev–Trinajstić information content (AvgIpc) is 3.26. The van der Waals surface area contributed by atoms with Gasteiger partial charge in [0.05, 0.1) is 5.92 Å². The second-order valence-electron chi connectivity index (χ2n) is 8.21. The maximum Gasteiger partial charge on any atom is 0.272 e. The number of hydroxylamine groups is 1. The van der Waals surface area contributed by atoms with Crippen molar-refractivity contribution in [1.82, 2.24) is 20.6 Å². The summed E-state index contributed by atoms with van der Waals surface area (Å²) in [5.74, 6) is -1.77. The summed E-state index contributed by atoms with van der Waals surface area (Å²) >= 11 is 0. The third kappa shape index (κ3) is 5.45. The standard InChI is InChI=1S/C21H27FN4O5/c1-12(2)11-16(17(27)18(28)25-30)21(29)26-9-7-14(8-10-26)20-24-23-19(31-20)13-3-5-15(22)6-4-13/h3-6,12,14,16-17,27,30H,7-11H2,1-2H3,(H,25,28)/t16-,17-/m0/s1. The minimum Gasteiger partial charge on any atom is -0.420 e. The van der Waals surface area contributed by atoms with Crippen LogP contribution < -0.4 is 5.48 Å². The van der Waals surface area contributed by atoms with Gasteiger partial charge in [-0.3, -0.25) is 14.8 Å². The predicted octanol–water partition coefficient (Wildman–Crippen LogP) is 2.11. The molecular weight excluding hydrogens is 407 g/mol. The Hall–Kier alpha value is -2.85. The number of amides is 2. The summed E-state index contributed by atoms with van der Waals surface area (Å²) in [6.45, 7) is 4.62. The minimum absolute atomic E-state index is 0.0278. The molecule has 2 amide bonds. The Morgan fingerprint density at radius 2 is 1.87 bits per heavy atom. The molecule has 0 saturated carbocycles. The van der Waals surface area contributed by atoms with Crippen LogP contribution in [0.1, 0.15) is 44.9 Å². The van der Waals surface area contributed by atoms with Gasteiger partial charge in [0.2, 0.25) is 17.7 Å². The van der Waals surface area contributed by atoms with E-state index < -0.39 is 17.9 Å². The Morgan fingerprint density at radius 3 is 2.45 bits per heavy atom. The number of halogens is 1. The molecule has 1 fully saturated rings. The van der Waals surface area contributed by atoms with Crippen molar-refractivity contribution in [2.75, 3.05) is 13.1 Å². The molecule has 2 heterocycles. The van der Waals surface area contributed by atoms with Gasteiger partial charge in [-0.2, -0.15) is 0 Å². The molecule has 1 aromatic heterocycles. The van der Waals surface area contributed by atoms with Crippen molar-refractivity contribution in [2.45, 2.75) is 45.1 Å². The number of aliphatic hydroxyl groups is 1. The number of piperidine rings is 1. The number of carbonyl (C=O) groups is 2. The van der Waals surface area contributed by atoms with Gasteiger partial charge in [-0.1, -0.05) is 13.8 Å². The van der Waals surface area contributed by atoms with Crippen molar-refractivity contribution < 1.29 is 28.7 Å². The number of hydrogen-bond acceptors (Lipinski definition) is 7. The Bertz CT molecular complexity index is 893. The predicted molar refractivity (Wildman–Crippen MR) is 107 cm³/mol. The first-order valence-electron chi connectivity index (χ1n) is 10.3. The van der Waals surface area contributed by atoms with Gasteiger partial charge in [0.15, 0.2) is 0 Å². The molecule has 2 aromatic rings. The van der Waals surface area contributed by atoms with E-state index in [1.165, 1.54) is 17.6 Å². The van der Waals surface area contributed by atoms with Crippen LogP contribution in [-0.2, 0) is 9.59 Å². The van der Waals surface area contributed by atoms with Crippen LogP contribution in [0.4, 0.5) is 4.39 Å². The lowest BCUT2D eigenvalue weighted by Gasteiger charge is -2.34. The molecule has 1 aliphatic heterocycles. The summed E-state index contributed by atoms with van der Waals surface area (Å²) in [4.78, 5) is 26.3. The summed E-state index contributed by atoms with van der Waals surface area (Å²) in [7, 11) is 0. The van der Waals surface area contributed by atoms with Crippen LogP contribution in [0.2, 0.25) is 0 Å². The largest absolute Gasteiger partial charge is 0.420 e. The average molecular weight is 434 g/mol. The molecule has 0 aliphatic carbocycles. The fraction of sp³-hybridized carbons (Fsp3) is 0.524. The number of nitrogens with zero attached hydrogens (tertiary/aromatic N) is 3. The van der Waals surface area contributed by atoms with E-state index in [-0.39, 0.29) is 23.6 Å². The Labute approximate surface area is 179 Å². The van der Waals surface area contributed by atoms with Gasteiger partial charge in [0.25, 0.3) is 5.91 Å². The lowest BCUT2D eigenvalue weighted by atomic mass is 9.88. The fourth-order valence-electron chi connectivity index (χ4n) is 3.81. The van der Waals surface area contributed by atoms with Crippen molar-refractivity contribution in [1.29, 1.82) is 0 Å². The zero-order valence-electron chi connectivity index (χ0n) is 17.5. The molecular formula is C21H27FN4O5. The third-order valence-electron chi connectivity index (χ3n) is 5.49. The van der Waals surface area contributed by atoms with Gasteiger partial charge in [0, 0.05) is 24.6 Å². The highest BCUT2D eigenvalue weighted by Crippen LogP contribution is 2.31. The van der Waals surface area contributed by atoms with Crippen molar-refractivity contribution in [3.05, 3.63) is 36.0 Å². The molecule has 0 radical (unpaired) electrons. The van der Waals surface area contributed by atoms with Crippen molar-refractivity contribution >= 4 is 11.8 Å². The van der Waals surface area contributed by atoms with E-state index in [4.69, 9.17) is 9.62 Å². The molecule has 2 atom stereocenters. The number of hydrogen-bond donors (Lipinski definition) is 3. The van der Waals surface area contributed by atoms with Crippen LogP contribution in [0.5, 0.6) is 0 Å². The van der Waals surface area contributed by atoms with Crippen molar-refractivity contribution in [2.24, 2.45) is 11.8 Å². The summed E-state index contributed by atoms with van der Waals surface area (Å²) in [5, 5.41) is 27.2. The van der Waals surface area contributed by atoms with E-state index in [1.807, 2.05) is 13.8 Å². The van der Waals surface area contributed by atoms with Gasteiger partial charge < -0.3 is 14.4 Å². The quantitative estimate of drug-likeness (QED) is 0.450. The molecule has 3 rings (SSSR count). The third-order valence-corrected chi connectivity index (χ3v) is 5.49. The Morgan fingerprint density at radius 1 is 1.23 bits per heavy atom. The second-order valence-corrected chi connectivity index (χ2v) is 8.21. The van der Waals surface area contributed by atoms with E-state index in [0.717, 1.165) is 0 Å². The summed E-state index contributed by atoms with van der Waals surface area (Å²) < 4.78 is 18.9. The number of aliphatic hydroxyl groups excluding tert-OH is 1. The highest BCUT2D eigenvalue weighted by Gasteiger charge is 2.37. The number of carbonyl (C=O) groups excluding carboxylic acids is 2. The molecule has 1 aromatic carbocycles. The Balaban J connectivity index is 1.63. The van der Waals surface area contributed by atoms with Crippen LogP contribution in [0, 0.1) is 17.7 Å². The number of nitrogens with one attached hydrogen (secondary N) is 1. The lowest BCUT2D eigenvalue weighted by Crippen LogP contribution is -2.49. The summed E-state index contributed by atoms with van der Waals surface area (Å²) in [6, 6.07) is 5.78. The van der Waals surface area contributed by atoms with E-state index in [1.54, 1.807) is 17.0 Å². The normalized spacial score (nSPS) is 16.9. The van der Waals surface area contributed by atoms with E-state index in [9.17, 15) is 19.1 Å². The molecule has 3 N–H and O–H groups in total.